The molecule has 3 nitrogen and oxygen atoms in total. The summed E-state index contributed by atoms with van der Waals surface area (Å²) in [5.41, 5.74) is 0.491. The van der Waals surface area contributed by atoms with Gasteiger partial charge in [-0.15, -0.1) is 11.8 Å². The minimum Gasteiger partial charge on any atom is -0.388 e. The van der Waals surface area contributed by atoms with Gasteiger partial charge >= 0.3 is 0 Å². The molecule has 2 rings (SSSR count). The molecule has 0 aliphatic heterocycles. The van der Waals surface area contributed by atoms with Crippen molar-refractivity contribution in [3.05, 3.63) is 35.9 Å². The molecule has 1 amide bonds. The number of carbonyl (C=O) groups is 1. The number of rotatable bonds is 7. The second-order valence-electron chi connectivity index (χ2n) is 5.39. The first-order chi connectivity index (χ1) is 9.08. The number of carbonyl (C=O) groups excluding carboxylic acids is 1. The molecule has 1 saturated carbocycles. The Labute approximate surface area is 118 Å². The monoisotopic (exact) mass is 279 g/mol. The van der Waals surface area contributed by atoms with Crippen LogP contribution < -0.4 is 5.32 Å². The van der Waals surface area contributed by atoms with Crippen LogP contribution in [0.25, 0.3) is 0 Å². The molecule has 1 aromatic carbocycles. The number of hydrogen-bond acceptors (Lipinski definition) is 3. The molecule has 1 fully saturated rings. The van der Waals surface area contributed by atoms with Crippen molar-refractivity contribution in [3.63, 3.8) is 0 Å². The number of aliphatic hydroxyl groups is 1. The van der Waals surface area contributed by atoms with Crippen molar-refractivity contribution < 1.29 is 9.90 Å². The third-order valence-corrected chi connectivity index (χ3v) is 4.45. The average molecular weight is 279 g/mol. The number of thioether (sulfide) groups is 1. The Kier molecular flexibility index (Phi) is 4.88. The van der Waals surface area contributed by atoms with Gasteiger partial charge in [0.05, 0.1) is 11.4 Å². The smallest absolute Gasteiger partial charge is 0.230 e. The molecule has 1 aromatic rings. The van der Waals surface area contributed by atoms with Gasteiger partial charge in [0, 0.05) is 12.3 Å². The highest BCUT2D eigenvalue weighted by Crippen LogP contribution is 2.38. The van der Waals surface area contributed by atoms with Gasteiger partial charge in [0.15, 0.2) is 0 Å². The van der Waals surface area contributed by atoms with E-state index in [0.29, 0.717) is 18.2 Å². The molecule has 0 saturated heterocycles. The second-order valence-corrected chi connectivity index (χ2v) is 6.37. The number of amides is 1. The summed E-state index contributed by atoms with van der Waals surface area (Å²) in [6.45, 7) is 2.17. The molecule has 4 heteroatoms. The highest BCUT2D eigenvalue weighted by molar-refractivity contribution is 7.99. The van der Waals surface area contributed by atoms with Gasteiger partial charge in [-0.1, -0.05) is 30.3 Å². The molecule has 2 N–H and O–H groups in total. The van der Waals surface area contributed by atoms with Crippen LogP contribution in [0.1, 0.15) is 25.3 Å². The summed E-state index contributed by atoms with van der Waals surface area (Å²) in [5, 5.41) is 12.9. The first-order valence-corrected chi connectivity index (χ1v) is 7.84. The van der Waals surface area contributed by atoms with Crippen LogP contribution in [0.15, 0.2) is 30.3 Å². The maximum Gasteiger partial charge on any atom is 0.230 e. The summed E-state index contributed by atoms with van der Waals surface area (Å²) in [5.74, 6) is 1.65. The lowest BCUT2D eigenvalue weighted by atomic mass is 10.0. The fourth-order valence-electron chi connectivity index (χ4n) is 2.01. The van der Waals surface area contributed by atoms with Gasteiger partial charge in [0.1, 0.15) is 0 Å². The predicted octanol–water partition coefficient (Wildman–Crippen LogP) is 2.20. The summed E-state index contributed by atoms with van der Waals surface area (Å²) in [4.78, 5) is 11.7. The molecule has 0 heterocycles. The van der Waals surface area contributed by atoms with Crippen molar-refractivity contribution in [2.24, 2.45) is 5.92 Å². The van der Waals surface area contributed by atoms with Gasteiger partial charge < -0.3 is 10.4 Å². The standard InChI is InChI=1S/C15H21NO2S/c1-15(18,13-7-8-13)11-16-14(17)10-19-9-12-5-3-2-4-6-12/h2-6,13,18H,7-11H2,1H3,(H,16,17)/t15-/m0/s1. The molecule has 1 atom stereocenters. The number of benzene rings is 1. The van der Waals surface area contributed by atoms with Crippen LogP contribution in [0.2, 0.25) is 0 Å². The van der Waals surface area contributed by atoms with Crippen LogP contribution in [0.5, 0.6) is 0 Å². The summed E-state index contributed by atoms with van der Waals surface area (Å²) < 4.78 is 0. The quantitative estimate of drug-likeness (QED) is 0.804. The Morgan fingerprint density at radius 2 is 2.11 bits per heavy atom. The van der Waals surface area contributed by atoms with E-state index in [0.717, 1.165) is 18.6 Å². The zero-order chi connectivity index (χ0) is 13.7. The first kappa shape index (κ1) is 14.4. The van der Waals surface area contributed by atoms with E-state index in [1.807, 2.05) is 25.1 Å². The van der Waals surface area contributed by atoms with Crippen molar-refractivity contribution in [1.82, 2.24) is 5.32 Å². The lowest BCUT2D eigenvalue weighted by Gasteiger charge is -2.23. The molecule has 104 valence electrons. The molecule has 0 radical (unpaired) electrons. The average Bonchev–Trinajstić information content (AvgIpc) is 3.22. The fraction of sp³-hybridized carbons (Fsp3) is 0.533. The van der Waals surface area contributed by atoms with Gasteiger partial charge in [-0.3, -0.25) is 4.79 Å². The van der Waals surface area contributed by atoms with E-state index in [-0.39, 0.29) is 5.91 Å². The maximum absolute atomic E-state index is 11.7. The zero-order valence-corrected chi connectivity index (χ0v) is 12.1. The van der Waals surface area contributed by atoms with Crippen LogP contribution in [0.3, 0.4) is 0 Å². The Morgan fingerprint density at radius 3 is 2.74 bits per heavy atom. The topological polar surface area (TPSA) is 49.3 Å². The molecule has 0 bridgehead atoms. The minimum atomic E-state index is -0.736. The molecule has 0 unspecified atom stereocenters. The van der Waals surface area contributed by atoms with Crippen LogP contribution in [0, 0.1) is 5.92 Å². The van der Waals surface area contributed by atoms with E-state index >= 15 is 0 Å². The van der Waals surface area contributed by atoms with Gasteiger partial charge in [0.2, 0.25) is 5.91 Å². The van der Waals surface area contributed by atoms with Gasteiger partial charge in [0.25, 0.3) is 0 Å². The highest BCUT2D eigenvalue weighted by atomic mass is 32.2. The SMILES string of the molecule is C[C@](O)(CNC(=O)CSCc1ccccc1)C1CC1. The van der Waals surface area contributed by atoms with E-state index in [9.17, 15) is 9.90 Å². The van der Waals surface area contributed by atoms with E-state index in [2.05, 4.69) is 17.4 Å². The summed E-state index contributed by atoms with van der Waals surface area (Å²) in [7, 11) is 0. The third kappa shape index (κ3) is 4.88. The number of nitrogens with one attached hydrogen (secondary N) is 1. The van der Waals surface area contributed by atoms with E-state index in [1.165, 1.54) is 5.56 Å². The lowest BCUT2D eigenvalue weighted by Crippen LogP contribution is -2.42. The highest BCUT2D eigenvalue weighted by Gasteiger charge is 2.39. The van der Waals surface area contributed by atoms with Crippen LogP contribution in [-0.4, -0.2) is 28.9 Å². The van der Waals surface area contributed by atoms with Crippen LogP contribution in [0.4, 0.5) is 0 Å². The summed E-state index contributed by atoms with van der Waals surface area (Å²) >= 11 is 1.60. The van der Waals surface area contributed by atoms with Crippen molar-refractivity contribution in [3.8, 4) is 0 Å². The molecule has 0 spiro atoms. The van der Waals surface area contributed by atoms with Gasteiger partial charge in [-0.25, -0.2) is 0 Å². The van der Waals surface area contributed by atoms with Crippen LogP contribution in [-0.2, 0) is 10.5 Å². The summed E-state index contributed by atoms with van der Waals surface area (Å²) in [6.07, 6.45) is 2.15. The van der Waals surface area contributed by atoms with Crippen LogP contribution >= 0.6 is 11.8 Å². The summed E-state index contributed by atoms with van der Waals surface area (Å²) in [6, 6.07) is 10.1. The van der Waals surface area contributed by atoms with Gasteiger partial charge in [-0.2, -0.15) is 0 Å². The molecule has 1 aliphatic carbocycles. The molecule has 1 aliphatic rings. The predicted molar refractivity (Wildman–Crippen MR) is 79.0 cm³/mol. The fourth-order valence-corrected chi connectivity index (χ4v) is 2.83. The molecule has 0 aromatic heterocycles. The molecular formula is C15H21NO2S. The Morgan fingerprint density at radius 1 is 1.42 bits per heavy atom. The van der Waals surface area contributed by atoms with Crippen molar-refractivity contribution in [2.45, 2.75) is 31.1 Å². The van der Waals surface area contributed by atoms with Gasteiger partial charge in [-0.05, 0) is 31.2 Å². The molecule has 19 heavy (non-hydrogen) atoms. The van der Waals surface area contributed by atoms with E-state index < -0.39 is 5.60 Å². The van der Waals surface area contributed by atoms with E-state index in [1.54, 1.807) is 11.8 Å². The Bertz CT molecular complexity index is 415. The van der Waals surface area contributed by atoms with Crippen molar-refractivity contribution in [2.75, 3.05) is 12.3 Å². The maximum atomic E-state index is 11.7. The largest absolute Gasteiger partial charge is 0.388 e. The van der Waals surface area contributed by atoms with Crippen molar-refractivity contribution in [1.29, 1.82) is 0 Å². The Balaban J connectivity index is 1.62. The second kappa shape index (κ2) is 6.44. The Hall–Kier alpha value is -1.00. The normalized spacial score (nSPS) is 17.8. The zero-order valence-electron chi connectivity index (χ0n) is 11.3. The minimum absolute atomic E-state index is 0.00172. The molecular weight excluding hydrogens is 258 g/mol. The number of hydrogen-bond donors (Lipinski definition) is 2. The first-order valence-electron chi connectivity index (χ1n) is 6.69. The lowest BCUT2D eigenvalue weighted by molar-refractivity contribution is -0.119. The third-order valence-electron chi connectivity index (χ3n) is 3.45. The van der Waals surface area contributed by atoms with E-state index in [4.69, 9.17) is 0 Å². The van der Waals surface area contributed by atoms with Crippen molar-refractivity contribution >= 4 is 17.7 Å².